The van der Waals surface area contributed by atoms with E-state index >= 15 is 0 Å². The van der Waals surface area contributed by atoms with Gasteiger partial charge < -0.3 is 18.8 Å². The molecule has 2 aromatic heterocycles. The van der Waals surface area contributed by atoms with Crippen LogP contribution < -0.4 is 9.47 Å². The first-order valence-electron chi connectivity index (χ1n) is 10.1. The Morgan fingerprint density at radius 3 is 2.70 bits per heavy atom. The molecule has 4 heterocycles. The van der Waals surface area contributed by atoms with Gasteiger partial charge in [0.05, 0.1) is 10.6 Å². The highest BCUT2D eigenvalue weighted by molar-refractivity contribution is 7.13. The lowest BCUT2D eigenvalue weighted by molar-refractivity contribution is -0.143. The Labute approximate surface area is 178 Å². The molecule has 1 saturated heterocycles. The van der Waals surface area contributed by atoms with Gasteiger partial charge in [0, 0.05) is 32.7 Å². The number of carbonyl (C=O) groups excluding carboxylic acids is 1. The van der Waals surface area contributed by atoms with E-state index in [4.69, 9.17) is 13.9 Å². The molecule has 0 bridgehead atoms. The van der Waals surface area contributed by atoms with Crippen molar-refractivity contribution in [3.8, 4) is 22.3 Å². The van der Waals surface area contributed by atoms with Crippen molar-refractivity contribution in [2.75, 3.05) is 32.8 Å². The van der Waals surface area contributed by atoms with E-state index in [-0.39, 0.29) is 12.5 Å². The second-order valence-corrected chi connectivity index (χ2v) is 8.41. The largest absolute Gasteiger partial charge is 0.485 e. The Hall–Kier alpha value is -2.84. The fourth-order valence-corrected chi connectivity index (χ4v) is 4.41. The van der Waals surface area contributed by atoms with Gasteiger partial charge in [-0.25, -0.2) is 4.98 Å². The molecule has 0 saturated carbocycles. The van der Waals surface area contributed by atoms with Crippen LogP contribution in [-0.2, 0) is 11.3 Å². The van der Waals surface area contributed by atoms with Gasteiger partial charge in [-0.3, -0.25) is 9.69 Å². The number of aryl methyl sites for hydroxylation is 1. The Morgan fingerprint density at radius 2 is 1.93 bits per heavy atom. The molecular weight excluding hydrogens is 402 g/mol. The van der Waals surface area contributed by atoms with Crippen molar-refractivity contribution in [3.05, 3.63) is 53.2 Å². The molecule has 156 valence electrons. The monoisotopic (exact) mass is 425 g/mol. The van der Waals surface area contributed by atoms with Crippen LogP contribution in [0, 0.1) is 6.92 Å². The van der Waals surface area contributed by atoms with Gasteiger partial charge in [0.2, 0.25) is 12.0 Å². The molecule has 2 aliphatic heterocycles. The number of hydrogen-bond donors (Lipinski definition) is 0. The number of piperazine rings is 1. The smallest absolute Gasteiger partial charge is 0.267 e. The van der Waals surface area contributed by atoms with Crippen LogP contribution in [0.2, 0.25) is 0 Å². The highest BCUT2D eigenvalue weighted by Crippen LogP contribution is 2.31. The van der Waals surface area contributed by atoms with Gasteiger partial charge in [-0.2, -0.15) is 0 Å². The van der Waals surface area contributed by atoms with Gasteiger partial charge >= 0.3 is 0 Å². The summed E-state index contributed by atoms with van der Waals surface area (Å²) in [6.45, 7) is 5.83. The molecule has 0 radical (unpaired) electrons. The number of ether oxygens (including phenoxy) is 2. The lowest BCUT2D eigenvalue weighted by atomic mass is 10.2. The summed E-state index contributed by atoms with van der Waals surface area (Å²) in [5.41, 5.74) is 0.957. The van der Waals surface area contributed by atoms with Gasteiger partial charge in [-0.15, -0.1) is 11.3 Å². The lowest BCUT2D eigenvalue weighted by Crippen LogP contribution is -2.53. The van der Waals surface area contributed by atoms with Crippen molar-refractivity contribution in [1.29, 1.82) is 0 Å². The summed E-state index contributed by atoms with van der Waals surface area (Å²) in [4.78, 5) is 22.8. The van der Waals surface area contributed by atoms with Crippen molar-refractivity contribution >= 4 is 17.2 Å². The fraction of sp³-hybridized carbons (Fsp3) is 0.364. The fourth-order valence-electron chi connectivity index (χ4n) is 3.76. The molecule has 1 aromatic carbocycles. The van der Waals surface area contributed by atoms with E-state index in [0.29, 0.717) is 30.5 Å². The first kappa shape index (κ1) is 19.1. The first-order chi connectivity index (χ1) is 14.7. The highest BCUT2D eigenvalue weighted by atomic mass is 32.1. The summed E-state index contributed by atoms with van der Waals surface area (Å²) in [5.74, 6) is 2.84. The molecule has 0 N–H and O–H groups in total. The number of oxazole rings is 1. The second kappa shape index (κ2) is 8.12. The van der Waals surface area contributed by atoms with Gasteiger partial charge in [-0.1, -0.05) is 18.2 Å². The highest BCUT2D eigenvalue weighted by Gasteiger charge is 2.32. The van der Waals surface area contributed by atoms with Crippen LogP contribution in [0.3, 0.4) is 0 Å². The normalized spacial score (nSPS) is 19.1. The molecule has 0 aliphatic carbocycles. The molecule has 8 heteroatoms. The molecule has 1 atom stereocenters. The van der Waals surface area contributed by atoms with E-state index in [1.165, 1.54) is 0 Å². The minimum Gasteiger partial charge on any atom is -0.485 e. The number of hydrogen-bond acceptors (Lipinski definition) is 7. The lowest BCUT2D eigenvalue weighted by Gasteiger charge is -2.36. The maximum Gasteiger partial charge on any atom is 0.267 e. The molecule has 1 fully saturated rings. The minimum atomic E-state index is -0.586. The third-order valence-electron chi connectivity index (χ3n) is 5.47. The quantitative estimate of drug-likeness (QED) is 0.640. The standard InChI is InChI=1S/C22H23N3O4S/c1-15-16(23-21(28-15)20-7-4-12-30-20)13-24-8-10-25(11-9-24)22(26)19-14-27-17-5-2-3-6-18(17)29-19/h2-7,12,19H,8-11,13-14H2,1H3/t19-/m1/s1. The number of carbonyl (C=O) groups is 1. The molecule has 1 amide bonds. The third kappa shape index (κ3) is 3.80. The molecule has 3 aromatic rings. The Bertz CT molecular complexity index is 1020. The second-order valence-electron chi connectivity index (χ2n) is 7.46. The van der Waals surface area contributed by atoms with Crippen molar-refractivity contribution in [1.82, 2.24) is 14.8 Å². The maximum atomic E-state index is 12.9. The van der Waals surface area contributed by atoms with E-state index in [0.717, 1.165) is 36.0 Å². The number of thiophene rings is 1. The molecule has 7 nitrogen and oxygen atoms in total. The van der Waals surface area contributed by atoms with Crippen LogP contribution in [0.15, 0.2) is 46.2 Å². The van der Waals surface area contributed by atoms with E-state index in [9.17, 15) is 4.79 Å². The summed E-state index contributed by atoms with van der Waals surface area (Å²) in [6, 6.07) is 11.5. The number of nitrogens with zero attached hydrogens (tertiary/aromatic N) is 3. The van der Waals surface area contributed by atoms with E-state index in [1.54, 1.807) is 11.3 Å². The number of amides is 1. The summed E-state index contributed by atoms with van der Waals surface area (Å²) in [5, 5.41) is 2.02. The SMILES string of the molecule is Cc1oc(-c2cccs2)nc1CN1CCN(C(=O)[C@H]2COc3ccccc3O2)CC1. The molecule has 30 heavy (non-hydrogen) atoms. The zero-order chi connectivity index (χ0) is 20.5. The Balaban J connectivity index is 1.17. The number of aromatic nitrogens is 1. The predicted octanol–water partition coefficient (Wildman–Crippen LogP) is 3.20. The summed E-state index contributed by atoms with van der Waals surface area (Å²) in [6.07, 6.45) is -0.586. The topological polar surface area (TPSA) is 68.0 Å². The van der Waals surface area contributed by atoms with Crippen molar-refractivity contribution < 1.29 is 18.7 Å². The molecular formula is C22H23N3O4S. The maximum absolute atomic E-state index is 12.9. The molecule has 0 spiro atoms. The van der Waals surface area contributed by atoms with Crippen LogP contribution >= 0.6 is 11.3 Å². The molecule has 0 unspecified atom stereocenters. The summed E-state index contributed by atoms with van der Waals surface area (Å²) < 4.78 is 17.4. The van der Waals surface area contributed by atoms with Gasteiger partial charge in [-0.05, 0) is 30.5 Å². The summed E-state index contributed by atoms with van der Waals surface area (Å²) in [7, 11) is 0. The van der Waals surface area contributed by atoms with Gasteiger partial charge in [0.15, 0.2) is 11.5 Å². The minimum absolute atomic E-state index is 0.0123. The zero-order valence-corrected chi connectivity index (χ0v) is 17.6. The predicted molar refractivity (Wildman–Crippen MR) is 113 cm³/mol. The van der Waals surface area contributed by atoms with E-state index in [1.807, 2.05) is 53.6 Å². The van der Waals surface area contributed by atoms with Gasteiger partial charge in [0.25, 0.3) is 5.91 Å². The van der Waals surface area contributed by atoms with Crippen LogP contribution in [0.5, 0.6) is 11.5 Å². The van der Waals surface area contributed by atoms with E-state index < -0.39 is 6.10 Å². The number of para-hydroxylation sites is 2. The van der Waals surface area contributed by atoms with Crippen molar-refractivity contribution in [2.45, 2.75) is 19.6 Å². The Morgan fingerprint density at radius 1 is 1.13 bits per heavy atom. The molecule has 5 rings (SSSR count). The number of fused-ring (bicyclic) bond motifs is 1. The Kier molecular flexibility index (Phi) is 5.18. The van der Waals surface area contributed by atoms with Crippen LogP contribution in [0.4, 0.5) is 0 Å². The van der Waals surface area contributed by atoms with Crippen molar-refractivity contribution in [3.63, 3.8) is 0 Å². The average molecular weight is 426 g/mol. The van der Waals surface area contributed by atoms with Crippen molar-refractivity contribution in [2.24, 2.45) is 0 Å². The van der Waals surface area contributed by atoms with Crippen LogP contribution in [0.25, 0.3) is 10.8 Å². The molecule has 2 aliphatic rings. The average Bonchev–Trinajstić information content (AvgIpc) is 3.44. The number of benzene rings is 1. The van der Waals surface area contributed by atoms with E-state index in [2.05, 4.69) is 9.88 Å². The zero-order valence-electron chi connectivity index (χ0n) is 16.7. The number of rotatable bonds is 4. The first-order valence-corrected chi connectivity index (χ1v) is 10.9. The van der Waals surface area contributed by atoms with Gasteiger partial charge in [0.1, 0.15) is 12.4 Å². The third-order valence-corrected chi connectivity index (χ3v) is 6.32. The summed E-state index contributed by atoms with van der Waals surface area (Å²) >= 11 is 1.62. The van der Waals surface area contributed by atoms with Crippen LogP contribution in [-0.4, -0.2) is 59.6 Å². The van der Waals surface area contributed by atoms with Crippen LogP contribution in [0.1, 0.15) is 11.5 Å².